The van der Waals surface area contributed by atoms with Gasteiger partial charge in [-0.05, 0) is 12.1 Å². The second-order valence-corrected chi connectivity index (χ2v) is 6.75. The Kier molecular flexibility index (Phi) is 2.85. The zero-order valence-corrected chi connectivity index (χ0v) is 11.5. The fraction of sp³-hybridized carbons (Fsp3) is 0.250. The fourth-order valence-electron chi connectivity index (χ4n) is 2.55. The van der Waals surface area contributed by atoms with Gasteiger partial charge in [0.05, 0.1) is 16.8 Å². The first kappa shape index (κ1) is 13.7. The topological polar surface area (TPSA) is 127 Å². The van der Waals surface area contributed by atoms with Gasteiger partial charge in [-0.1, -0.05) is 6.07 Å². The zero-order chi connectivity index (χ0) is 15.4. The van der Waals surface area contributed by atoms with Crippen molar-refractivity contribution in [1.82, 2.24) is 5.32 Å². The Morgan fingerprint density at radius 3 is 2.52 bits per heavy atom. The lowest BCUT2D eigenvalue weighted by molar-refractivity contribution is -0.117. The molecule has 3 rings (SSSR count). The Bertz CT molecular complexity index is 786. The van der Waals surface area contributed by atoms with Gasteiger partial charge in [0, 0.05) is 13.0 Å². The van der Waals surface area contributed by atoms with Gasteiger partial charge in [-0.2, -0.15) is 0 Å². The number of fused-ring (bicyclic) bond motifs is 1. The first-order chi connectivity index (χ1) is 9.79. The van der Waals surface area contributed by atoms with Crippen molar-refractivity contribution in [2.45, 2.75) is 11.7 Å². The molecule has 8 nitrogen and oxygen atoms in total. The highest BCUT2D eigenvalue weighted by atomic mass is 32.2. The van der Waals surface area contributed by atoms with E-state index in [9.17, 15) is 22.8 Å². The van der Waals surface area contributed by atoms with Crippen LogP contribution in [-0.2, 0) is 14.8 Å². The van der Waals surface area contributed by atoms with Gasteiger partial charge in [-0.3, -0.25) is 19.7 Å². The summed E-state index contributed by atoms with van der Waals surface area (Å²) in [6.45, 7) is -0.129. The van der Waals surface area contributed by atoms with E-state index >= 15 is 0 Å². The minimum absolute atomic E-state index is 0.0888. The average Bonchev–Trinajstić information content (AvgIpc) is 2.91. The van der Waals surface area contributed by atoms with Crippen LogP contribution in [0.25, 0.3) is 0 Å². The Balaban J connectivity index is 2.06. The first-order valence-corrected chi connectivity index (χ1v) is 7.70. The number of anilines is 1. The number of carbonyl (C=O) groups is 3. The summed E-state index contributed by atoms with van der Waals surface area (Å²) in [6, 6.07) is 4.50. The molecular weight excluding hydrogens is 298 g/mol. The molecule has 1 saturated heterocycles. The normalized spacial score (nSPS) is 21.7. The molecular formula is C12H11N3O5S. The number of hydrogen-bond donors (Lipinski definition) is 2. The maximum absolute atomic E-state index is 12.0. The van der Waals surface area contributed by atoms with Gasteiger partial charge >= 0.3 is 0 Å². The number of benzene rings is 1. The summed E-state index contributed by atoms with van der Waals surface area (Å²) in [5, 5.41) is 6.20. The first-order valence-electron chi connectivity index (χ1n) is 6.09. The number of amides is 3. The predicted octanol–water partition coefficient (Wildman–Crippen LogP) is -1.04. The lowest BCUT2D eigenvalue weighted by Crippen LogP contribution is -2.32. The van der Waals surface area contributed by atoms with Crippen molar-refractivity contribution in [3.8, 4) is 0 Å². The van der Waals surface area contributed by atoms with Crippen molar-refractivity contribution in [2.75, 3.05) is 11.4 Å². The number of sulfonamides is 1. The highest BCUT2D eigenvalue weighted by Gasteiger charge is 2.40. The number of nitrogens with zero attached hydrogens (tertiary/aromatic N) is 1. The maximum Gasteiger partial charge on any atom is 0.261 e. The zero-order valence-electron chi connectivity index (χ0n) is 10.7. The quantitative estimate of drug-likeness (QED) is 0.675. The summed E-state index contributed by atoms with van der Waals surface area (Å²) >= 11 is 0. The van der Waals surface area contributed by atoms with Crippen LogP contribution in [0.2, 0.25) is 0 Å². The van der Waals surface area contributed by atoms with E-state index in [0.717, 1.165) is 0 Å². The number of hydrogen-bond acceptors (Lipinski definition) is 5. The van der Waals surface area contributed by atoms with E-state index in [1.807, 2.05) is 0 Å². The average molecular weight is 309 g/mol. The maximum atomic E-state index is 12.0. The second-order valence-electron chi connectivity index (χ2n) is 4.90. The molecule has 2 heterocycles. The standard InChI is InChI=1S/C12H11N3O5S/c13-21(19,20)6-4-9(16)15(5-6)8-3-1-2-7-10(8)12(18)14-11(7)17/h1-3,6H,4-5H2,(H2,13,19,20)(H,14,17,18). The van der Waals surface area contributed by atoms with Crippen LogP contribution >= 0.6 is 0 Å². The summed E-state index contributed by atoms with van der Waals surface area (Å²) in [6.07, 6.45) is -0.238. The summed E-state index contributed by atoms with van der Waals surface area (Å²) < 4.78 is 22.7. The predicted molar refractivity (Wildman–Crippen MR) is 72.1 cm³/mol. The molecule has 110 valence electrons. The van der Waals surface area contributed by atoms with Crippen LogP contribution in [0.15, 0.2) is 18.2 Å². The lowest BCUT2D eigenvalue weighted by Gasteiger charge is -2.18. The number of rotatable bonds is 2. The molecule has 2 aliphatic heterocycles. The molecule has 0 bridgehead atoms. The third-order valence-corrected chi connectivity index (χ3v) is 4.83. The fourth-order valence-corrected chi connectivity index (χ4v) is 3.29. The second kappa shape index (κ2) is 4.37. The van der Waals surface area contributed by atoms with E-state index in [1.165, 1.54) is 23.1 Å². The summed E-state index contributed by atoms with van der Waals surface area (Å²) in [5.41, 5.74) is 0.488. The van der Waals surface area contributed by atoms with Crippen molar-refractivity contribution < 1.29 is 22.8 Å². The molecule has 1 fully saturated rings. The molecule has 0 radical (unpaired) electrons. The third kappa shape index (κ3) is 2.10. The van der Waals surface area contributed by atoms with Crippen molar-refractivity contribution >= 4 is 33.4 Å². The monoisotopic (exact) mass is 309 g/mol. The third-order valence-electron chi connectivity index (χ3n) is 3.59. The molecule has 3 N–H and O–H groups in total. The summed E-state index contributed by atoms with van der Waals surface area (Å²) in [7, 11) is -3.84. The molecule has 0 saturated carbocycles. The highest BCUT2D eigenvalue weighted by Crippen LogP contribution is 2.31. The SMILES string of the molecule is NS(=O)(=O)C1CC(=O)N(c2cccc3c2C(=O)NC3=O)C1. The minimum atomic E-state index is -3.84. The van der Waals surface area contributed by atoms with Crippen LogP contribution in [-0.4, -0.2) is 37.9 Å². The minimum Gasteiger partial charge on any atom is -0.310 e. The lowest BCUT2D eigenvalue weighted by atomic mass is 10.1. The largest absolute Gasteiger partial charge is 0.310 e. The molecule has 0 aliphatic carbocycles. The highest BCUT2D eigenvalue weighted by molar-refractivity contribution is 7.89. The van der Waals surface area contributed by atoms with Crippen molar-refractivity contribution in [3.63, 3.8) is 0 Å². The number of nitrogens with one attached hydrogen (secondary N) is 1. The number of primary sulfonamides is 1. The van der Waals surface area contributed by atoms with E-state index in [2.05, 4.69) is 5.32 Å². The van der Waals surface area contributed by atoms with Gasteiger partial charge in [0.1, 0.15) is 5.25 Å². The molecule has 1 unspecified atom stereocenters. The Hall–Kier alpha value is -2.26. The van der Waals surface area contributed by atoms with Gasteiger partial charge in [-0.15, -0.1) is 0 Å². The Morgan fingerprint density at radius 1 is 1.19 bits per heavy atom. The van der Waals surface area contributed by atoms with Crippen molar-refractivity contribution in [3.05, 3.63) is 29.3 Å². The molecule has 3 amide bonds. The Labute approximate surface area is 120 Å². The van der Waals surface area contributed by atoms with Gasteiger partial charge in [-0.25, -0.2) is 13.6 Å². The number of nitrogens with two attached hydrogens (primary N) is 1. The van der Waals surface area contributed by atoms with Gasteiger partial charge in [0.25, 0.3) is 11.8 Å². The molecule has 21 heavy (non-hydrogen) atoms. The van der Waals surface area contributed by atoms with Crippen LogP contribution in [0.4, 0.5) is 5.69 Å². The van der Waals surface area contributed by atoms with Gasteiger partial charge < -0.3 is 4.90 Å². The summed E-state index contributed by atoms with van der Waals surface area (Å²) in [5.74, 6) is -1.58. The molecule has 0 aromatic heterocycles. The van der Waals surface area contributed by atoms with Gasteiger partial charge in [0.15, 0.2) is 0 Å². The van der Waals surface area contributed by atoms with E-state index in [4.69, 9.17) is 5.14 Å². The van der Waals surface area contributed by atoms with Crippen molar-refractivity contribution in [2.24, 2.45) is 5.14 Å². The van der Waals surface area contributed by atoms with Crippen LogP contribution in [0.5, 0.6) is 0 Å². The van der Waals surface area contributed by atoms with Crippen molar-refractivity contribution in [1.29, 1.82) is 0 Å². The number of imide groups is 1. The van der Waals surface area contributed by atoms with E-state index in [1.54, 1.807) is 0 Å². The van der Waals surface area contributed by atoms with E-state index in [-0.39, 0.29) is 29.8 Å². The molecule has 2 aliphatic rings. The van der Waals surface area contributed by atoms with Crippen LogP contribution in [0, 0.1) is 0 Å². The van der Waals surface area contributed by atoms with Crippen LogP contribution in [0.3, 0.4) is 0 Å². The summed E-state index contributed by atoms with van der Waals surface area (Å²) in [4.78, 5) is 36.6. The number of carbonyl (C=O) groups excluding carboxylic acids is 3. The van der Waals surface area contributed by atoms with E-state index in [0.29, 0.717) is 0 Å². The van der Waals surface area contributed by atoms with E-state index < -0.39 is 33.0 Å². The molecule has 9 heteroatoms. The van der Waals surface area contributed by atoms with Crippen LogP contribution < -0.4 is 15.4 Å². The molecule has 1 aromatic carbocycles. The van der Waals surface area contributed by atoms with Crippen LogP contribution in [0.1, 0.15) is 27.1 Å². The molecule has 1 atom stereocenters. The molecule has 0 spiro atoms. The smallest absolute Gasteiger partial charge is 0.261 e. The van der Waals surface area contributed by atoms with Gasteiger partial charge in [0.2, 0.25) is 15.9 Å². The Morgan fingerprint density at radius 2 is 1.90 bits per heavy atom. The molecule has 1 aromatic rings.